The molecule has 0 amide bonds. The highest BCUT2D eigenvalue weighted by Crippen LogP contribution is 2.43. The van der Waals surface area contributed by atoms with E-state index < -0.39 is 24.8 Å². The molecule has 0 heterocycles. The van der Waals surface area contributed by atoms with E-state index in [9.17, 15) is 0 Å². The van der Waals surface area contributed by atoms with Crippen LogP contribution in [0.25, 0.3) is 0 Å². The quantitative estimate of drug-likeness (QED) is 0.432. The lowest BCUT2D eigenvalue weighted by molar-refractivity contribution is 0.404. The largest absolute Gasteiger partial charge is 0.546 e. The van der Waals surface area contributed by atoms with Gasteiger partial charge in [0.1, 0.15) is 16.5 Å². The Balaban J connectivity index is 5.95. The molecule has 0 aliphatic rings. The fourth-order valence-electron chi connectivity index (χ4n) is 2.79. The van der Waals surface area contributed by atoms with Gasteiger partial charge in [0.15, 0.2) is 0 Å². The van der Waals surface area contributed by atoms with Crippen LogP contribution in [-0.2, 0) is 4.43 Å². The Hall–Kier alpha value is -0.00935. The van der Waals surface area contributed by atoms with Gasteiger partial charge in [-0.3, -0.25) is 0 Å². The summed E-state index contributed by atoms with van der Waals surface area (Å²) >= 11 is 0. The monoisotopic (exact) mass is 345 g/mol. The van der Waals surface area contributed by atoms with E-state index in [0.717, 1.165) is 5.76 Å². The summed E-state index contributed by atoms with van der Waals surface area (Å²) in [6.45, 7) is 30.8. The Morgan fingerprint density at radius 2 is 1.19 bits per heavy atom. The van der Waals surface area contributed by atoms with E-state index in [1.807, 2.05) is 0 Å². The van der Waals surface area contributed by atoms with Gasteiger partial charge >= 0.3 is 0 Å². The lowest BCUT2D eigenvalue weighted by atomic mass is 10.2. The van der Waals surface area contributed by atoms with Crippen LogP contribution in [0, 0.1) is 0 Å². The minimum atomic E-state index is -1.60. The van der Waals surface area contributed by atoms with Gasteiger partial charge in [0, 0.05) is 5.70 Å². The van der Waals surface area contributed by atoms with Gasteiger partial charge < -0.3 is 8.66 Å². The maximum atomic E-state index is 6.30. The van der Waals surface area contributed by atoms with Crippen molar-refractivity contribution >= 4 is 24.8 Å². The highest BCUT2D eigenvalue weighted by atomic mass is 28.4. The molecule has 5 heteroatoms. The van der Waals surface area contributed by atoms with Gasteiger partial charge in [-0.05, 0) is 38.5 Å². The molecule has 0 saturated carbocycles. The summed E-state index contributed by atoms with van der Waals surface area (Å²) in [5.41, 5.74) is 1.38. The first-order valence-corrected chi connectivity index (χ1v) is 17.9. The van der Waals surface area contributed by atoms with Crippen molar-refractivity contribution in [1.29, 1.82) is 0 Å². The summed E-state index contributed by atoms with van der Waals surface area (Å²) < 4.78 is 9.12. The molecular weight excluding hydrogens is 306 g/mol. The number of hydrogen-bond donors (Lipinski definition) is 0. The summed E-state index contributed by atoms with van der Waals surface area (Å²) in [5, 5.41) is 0.341. The van der Waals surface area contributed by atoms with Gasteiger partial charge in [-0.15, -0.1) is 0 Å². The van der Waals surface area contributed by atoms with Crippen molar-refractivity contribution in [2.75, 3.05) is 0 Å². The summed E-state index contributed by atoms with van der Waals surface area (Å²) in [6.07, 6.45) is 0. The van der Waals surface area contributed by atoms with E-state index in [-0.39, 0.29) is 0 Å². The minimum Gasteiger partial charge on any atom is -0.546 e. The molecule has 0 aliphatic heterocycles. The molecule has 0 N–H and O–H groups in total. The Labute approximate surface area is 137 Å². The zero-order valence-electron chi connectivity index (χ0n) is 16.9. The predicted molar refractivity (Wildman–Crippen MR) is 105 cm³/mol. The van der Waals surface area contributed by atoms with Crippen LogP contribution in [0.4, 0.5) is 0 Å². The first kappa shape index (κ1) is 21.0. The maximum Gasteiger partial charge on any atom is 0.241 e. The lowest BCUT2D eigenvalue weighted by Crippen LogP contribution is -2.63. The van der Waals surface area contributed by atoms with Crippen molar-refractivity contribution in [3.05, 3.63) is 11.5 Å². The van der Waals surface area contributed by atoms with Crippen molar-refractivity contribution in [3.63, 3.8) is 0 Å². The van der Waals surface area contributed by atoms with E-state index in [1.54, 1.807) is 0 Å². The Bertz CT molecular complexity index is 395. The van der Waals surface area contributed by atoms with Crippen molar-refractivity contribution in [3.8, 4) is 0 Å². The fourth-order valence-corrected chi connectivity index (χ4v) is 14.4. The van der Waals surface area contributed by atoms with Crippen molar-refractivity contribution < 1.29 is 4.43 Å². The van der Waals surface area contributed by atoms with Gasteiger partial charge in [-0.1, -0.05) is 53.5 Å². The van der Waals surface area contributed by atoms with Crippen LogP contribution in [0.3, 0.4) is 0 Å². The number of allylic oxidation sites excluding steroid dienone is 2. The number of rotatable bonds is 5. The standard InChI is InChI=1S/C16H39NOSi3/c1-14(15(2)18-20(9,10)11)17(19(6,7)8)21(12,13)16(3,4)5/h1-13H3/b15-14-. The molecule has 0 rings (SSSR count). The second kappa shape index (κ2) is 6.24. The van der Waals surface area contributed by atoms with Crippen LogP contribution < -0.4 is 0 Å². The Morgan fingerprint density at radius 1 is 0.810 bits per heavy atom. The summed E-state index contributed by atoms with van der Waals surface area (Å²) in [5.74, 6) is 1.14. The van der Waals surface area contributed by atoms with Gasteiger partial charge in [0.2, 0.25) is 8.32 Å². The molecule has 0 aromatic rings. The molecule has 0 spiro atoms. The topological polar surface area (TPSA) is 12.5 Å². The highest BCUT2D eigenvalue weighted by molar-refractivity contribution is 6.92. The molecular formula is C16H39NOSi3. The first-order chi connectivity index (χ1) is 8.91. The third-order valence-corrected chi connectivity index (χ3v) is 15.8. The van der Waals surface area contributed by atoms with Crippen LogP contribution >= 0.6 is 0 Å². The average molecular weight is 346 g/mol. The summed E-state index contributed by atoms with van der Waals surface area (Å²) in [6, 6.07) is 0. The smallest absolute Gasteiger partial charge is 0.241 e. The normalized spacial score (nSPS) is 15.7. The SMILES string of the molecule is C/C(O[Si](C)(C)C)=C(\C)N([Si](C)(C)C)[Si](C)(C)C(C)(C)C. The van der Waals surface area contributed by atoms with E-state index in [0.29, 0.717) is 5.04 Å². The van der Waals surface area contributed by atoms with Crippen LogP contribution in [-0.4, -0.2) is 29.0 Å². The van der Waals surface area contributed by atoms with Crippen molar-refractivity contribution in [1.82, 2.24) is 4.23 Å². The van der Waals surface area contributed by atoms with Crippen LogP contribution in [0.5, 0.6) is 0 Å². The zero-order chi connectivity index (χ0) is 17.4. The van der Waals surface area contributed by atoms with Gasteiger partial charge in [0.05, 0.1) is 5.76 Å². The molecule has 21 heavy (non-hydrogen) atoms. The molecule has 0 atom stereocenters. The van der Waals surface area contributed by atoms with Crippen molar-refractivity contribution in [2.24, 2.45) is 0 Å². The van der Waals surface area contributed by atoms with Crippen LogP contribution in [0.1, 0.15) is 34.6 Å². The lowest BCUT2D eigenvalue weighted by Gasteiger charge is -2.54. The highest BCUT2D eigenvalue weighted by Gasteiger charge is 2.46. The molecule has 126 valence electrons. The van der Waals surface area contributed by atoms with Gasteiger partial charge in [0.25, 0.3) is 0 Å². The Kier molecular flexibility index (Phi) is 6.24. The average Bonchev–Trinajstić information content (AvgIpc) is 2.09. The summed E-state index contributed by atoms with van der Waals surface area (Å²) in [4.78, 5) is 0. The second-order valence-electron chi connectivity index (χ2n) is 9.67. The van der Waals surface area contributed by atoms with Crippen LogP contribution in [0.2, 0.25) is 57.4 Å². The van der Waals surface area contributed by atoms with E-state index in [4.69, 9.17) is 4.43 Å². The van der Waals surface area contributed by atoms with Gasteiger partial charge in [-0.2, -0.15) is 0 Å². The molecule has 0 bridgehead atoms. The third kappa shape index (κ3) is 5.60. The zero-order valence-corrected chi connectivity index (χ0v) is 19.9. The maximum absolute atomic E-state index is 6.30. The molecule has 0 radical (unpaired) electrons. The predicted octanol–water partition coefficient (Wildman–Crippen LogP) is 6.23. The molecule has 0 saturated heterocycles. The van der Waals surface area contributed by atoms with E-state index in [1.165, 1.54) is 5.70 Å². The minimum absolute atomic E-state index is 0.341. The van der Waals surface area contributed by atoms with E-state index >= 15 is 0 Å². The Morgan fingerprint density at radius 3 is 1.43 bits per heavy atom. The molecule has 0 fully saturated rings. The van der Waals surface area contributed by atoms with E-state index in [2.05, 4.69) is 91.2 Å². The number of hydrogen-bond acceptors (Lipinski definition) is 2. The number of nitrogens with zero attached hydrogens (tertiary/aromatic N) is 1. The van der Waals surface area contributed by atoms with Crippen LogP contribution in [0.15, 0.2) is 11.5 Å². The van der Waals surface area contributed by atoms with Crippen molar-refractivity contribution in [2.45, 2.75) is 92.0 Å². The first-order valence-electron chi connectivity index (χ1n) is 8.08. The molecule has 0 aromatic carbocycles. The second-order valence-corrected chi connectivity index (χ2v) is 24.4. The molecule has 0 aliphatic carbocycles. The molecule has 2 nitrogen and oxygen atoms in total. The molecule has 0 unspecified atom stereocenters. The summed E-state index contributed by atoms with van der Waals surface area (Å²) in [7, 11) is -4.61. The fraction of sp³-hybridized carbons (Fsp3) is 0.875. The molecule has 0 aromatic heterocycles. The van der Waals surface area contributed by atoms with Gasteiger partial charge in [-0.25, -0.2) is 0 Å². The third-order valence-electron chi connectivity index (χ3n) is 4.37.